The van der Waals surface area contributed by atoms with Gasteiger partial charge in [-0.1, -0.05) is 36.4 Å². The van der Waals surface area contributed by atoms with Crippen LogP contribution in [0.3, 0.4) is 0 Å². The predicted molar refractivity (Wildman–Crippen MR) is 97.0 cm³/mol. The van der Waals surface area contributed by atoms with Gasteiger partial charge in [-0.15, -0.1) is 0 Å². The van der Waals surface area contributed by atoms with E-state index in [9.17, 15) is 13.6 Å². The van der Waals surface area contributed by atoms with E-state index < -0.39 is 6.61 Å². The standard InChI is InChI=1S/C20H18F2N2O3/c1-26-10-9-24-18(14-5-3-2-4-6-14)12-17(23-24)15-7-8-16(13-25)19(11-15)27-20(21)22/h2-8,11-13,20H,9-10H2,1H3. The number of alkyl halides is 2. The highest BCUT2D eigenvalue weighted by molar-refractivity contribution is 5.82. The third-order valence-corrected chi connectivity index (χ3v) is 4.01. The van der Waals surface area contributed by atoms with E-state index in [2.05, 4.69) is 9.84 Å². The summed E-state index contributed by atoms with van der Waals surface area (Å²) in [6, 6.07) is 16.1. The number of aldehydes is 1. The maximum atomic E-state index is 12.6. The zero-order valence-electron chi connectivity index (χ0n) is 14.6. The second-order valence-corrected chi connectivity index (χ2v) is 5.75. The number of carbonyl (C=O) groups excluding carboxylic acids is 1. The molecule has 0 radical (unpaired) electrons. The third kappa shape index (κ3) is 4.38. The zero-order valence-corrected chi connectivity index (χ0v) is 14.6. The molecule has 0 unspecified atom stereocenters. The summed E-state index contributed by atoms with van der Waals surface area (Å²) in [5, 5.41) is 4.58. The minimum Gasteiger partial charge on any atom is -0.434 e. The van der Waals surface area contributed by atoms with Crippen LogP contribution < -0.4 is 4.74 Å². The Morgan fingerprint density at radius 1 is 1.11 bits per heavy atom. The average molecular weight is 372 g/mol. The van der Waals surface area contributed by atoms with Crippen molar-refractivity contribution in [2.45, 2.75) is 13.2 Å². The molecule has 27 heavy (non-hydrogen) atoms. The van der Waals surface area contributed by atoms with E-state index in [1.54, 1.807) is 17.9 Å². The number of ether oxygens (including phenoxy) is 2. The van der Waals surface area contributed by atoms with E-state index in [4.69, 9.17) is 4.74 Å². The Labute approximate surface area is 155 Å². The first kappa shape index (κ1) is 18.7. The molecule has 0 aliphatic carbocycles. The van der Waals surface area contributed by atoms with Gasteiger partial charge < -0.3 is 9.47 Å². The maximum absolute atomic E-state index is 12.6. The normalized spacial score (nSPS) is 11.0. The maximum Gasteiger partial charge on any atom is 0.387 e. The van der Waals surface area contributed by atoms with Crippen LogP contribution in [0.15, 0.2) is 54.6 Å². The van der Waals surface area contributed by atoms with Gasteiger partial charge in [0.05, 0.1) is 30.1 Å². The fourth-order valence-corrected chi connectivity index (χ4v) is 2.74. The van der Waals surface area contributed by atoms with Gasteiger partial charge in [-0.05, 0) is 23.8 Å². The topological polar surface area (TPSA) is 53.4 Å². The van der Waals surface area contributed by atoms with Crippen molar-refractivity contribution in [1.82, 2.24) is 9.78 Å². The number of halogens is 2. The van der Waals surface area contributed by atoms with Crippen LogP contribution >= 0.6 is 0 Å². The zero-order chi connectivity index (χ0) is 19.2. The molecule has 0 atom stereocenters. The van der Waals surface area contributed by atoms with Crippen LogP contribution in [0.1, 0.15) is 10.4 Å². The molecule has 1 heterocycles. The molecule has 2 aromatic carbocycles. The van der Waals surface area contributed by atoms with Gasteiger partial charge in [-0.3, -0.25) is 9.48 Å². The molecule has 3 rings (SSSR count). The van der Waals surface area contributed by atoms with Gasteiger partial charge in [0.2, 0.25) is 0 Å². The monoisotopic (exact) mass is 372 g/mol. The van der Waals surface area contributed by atoms with Crippen molar-refractivity contribution in [3.63, 3.8) is 0 Å². The summed E-state index contributed by atoms with van der Waals surface area (Å²) in [7, 11) is 1.61. The largest absolute Gasteiger partial charge is 0.434 e. The van der Waals surface area contributed by atoms with Crippen LogP contribution in [0.25, 0.3) is 22.5 Å². The first-order chi connectivity index (χ1) is 13.1. The van der Waals surface area contributed by atoms with Gasteiger partial charge in [-0.2, -0.15) is 13.9 Å². The Morgan fingerprint density at radius 2 is 1.89 bits per heavy atom. The second kappa shape index (κ2) is 8.55. The molecule has 140 valence electrons. The summed E-state index contributed by atoms with van der Waals surface area (Å²) < 4.78 is 36.7. The molecule has 0 N–H and O–H groups in total. The highest BCUT2D eigenvalue weighted by Crippen LogP contribution is 2.30. The number of hydrogen-bond acceptors (Lipinski definition) is 4. The Bertz CT molecular complexity index is 911. The summed E-state index contributed by atoms with van der Waals surface area (Å²) >= 11 is 0. The molecular formula is C20H18F2N2O3. The van der Waals surface area contributed by atoms with E-state index in [0.29, 0.717) is 30.7 Å². The smallest absolute Gasteiger partial charge is 0.387 e. The molecule has 0 aliphatic rings. The van der Waals surface area contributed by atoms with E-state index >= 15 is 0 Å². The summed E-state index contributed by atoms with van der Waals surface area (Å²) in [5.41, 5.74) is 3.06. The number of methoxy groups -OCH3 is 1. The van der Waals surface area contributed by atoms with Crippen LogP contribution in [-0.4, -0.2) is 36.4 Å². The van der Waals surface area contributed by atoms with Crippen molar-refractivity contribution in [3.8, 4) is 28.3 Å². The molecule has 3 aromatic rings. The molecule has 0 bridgehead atoms. The fourth-order valence-electron chi connectivity index (χ4n) is 2.74. The van der Waals surface area contributed by atoms with Crippen LogP contribution in [-0.2, 0) is 11.3 Å². The van der Waals surface area contributed by atoms with Gasteiger partial charge in [-0.25, -0.2) is 0 Å². The molecule has 7 heteroatoms. The highest BCUT2D eigenvalue weighted by atomic mass is 19.3. The average Bonchev–Trinajstić information content (AvgIpc) is 3.10. The third-order valence-electron chi connectivity index (χ3n) is 4.01. The number of nitrogens with zero attached hydrogens (tertiary/aromatic N) is 2. The Balaban J connectivity index is 2.04. The Kier molecular flexibility index (Phi) is 5.93. The molecule has 0 aliphatic heterocycles. The van der Waals surface area contributed by atoms with Crippen molar-refractivity contribution in [1.29, 1.82) is 0 Å². The minimum absolute atomic E-state index is 0.0566. The van der Waals surface area contributed by atoms with E-state index in [1.807, 2.05) is 36.4 Å². The second-order valence-electron chi connectivity index (χ2n) is 5.75. The summed E-state index contributed by atoms with van der Waals surface area (Å²) in [5.74, 6) is -0.176. The van der Waals surface area contributed by atoms with Crippen LogP contribution in [0.2, 0.25) is 0 Å². The molecule has 0 fully saturated rings. The molecule has 0 saturated carbocycles. The number of aromatic nitrogens is 2. The highest BCUT2D eigenvalue weighted by Gasteiger charge is 2.15. The van der Waals surface area contributed by atoms with Gasteiger partial charge in [0.1, 0.15) is 5.75 Å². The number of benzene rings is 2. The lowest BCUT2D eigenvalue weighted by Crippen LogP contribution is -2.07. The Hall–Kier alpha value is -3.06. The van der Waals surface area contributed by atoms with Gasteiger partial charge in [0.25, 0.3) is 0 Å². The van der Waals surface area contributed by atoms with Crippen molar-refractivity contribution in [2.24, 2.45) is 0 Å². The van der Waals surface area contributed by atoms with Crippen molar-refractivity contribution >= 4 is 6.29 Å². The van der Waals surface area contributed by atoms with Crippen molar-refractivity contribution < 1.29 is 23.0 Å². The van der Waals surface area contributed by atoms with Crippen molar-refractivity contribution in [2.75, 3.05) is 13.7 Å². The Morgan fingerprint density at radius 3 is 2.56 bits per heavy atom. The lowest BCUT2D eigenvalue weighted by atomic mass is 10.1. The SMILES string of the molecule is COCCn1nc(-c2ccc(C=O)c(OC(F)F)c2)cc1-c1ccccc1. The molecular weight excluding hydrogens is 354 g/mol. The van der Waals surface area contributed by atoms with Crippen LogP contribution in [0.5, 0.6) is 5.75 Å². The molecule has 0 amide bonds. The first-order valence-corrected chi connectivity index (χ1v) is 8.29. The summed E-state index contributed by atoms with van der Waals surface area (Å²) in [4.78, 5) is 11.1. The molecule has 1 aromatic heterocycles. The minimum atomic E-state index is -3.02. The number of rotatable bonds is 8. The molecule has 0 spiro atoms. The quantitative estimate of drug-likeness (QED) is 0.554. The number of carbonyl (C=O) groups is 1. The number of hydrogen-bond donors (Lipinski definition) is 0. The van der Waals surface area contributed by atoms with E-state index in [-0.39, 0.29) is 11.3 Å². The van der Waals surface area contributed by atoms with Crippen LogP contribution in [0, 0.1) is 0 Å². The van der Waals surface area contributed by atoms with Gasteiger partial charge >= 0.3 is 6.61 Å². The van der Waals surface area contributed by atoms with E-state index in [0.717, 1.165) is 11.3 Å². The summed E-state index contributed by atoms with van der Waals surface area (Å²) in [6.45, 7) is -2.00. The van der Waals surface area contributed by atoms with Gasteiger partial charge in [0.15, 0.2) is 6.29 Å². The van der Waals surface area contributed by atoms with E-state index in [1.165, 1.54) is 12.1 Å². The molecule has 0 saturated heterocycles. The van der Waals surface area contributed by atoms with Gasteiger partial charge in [0, 0.05) is 12.7 Å². The summed E-state index contributed by atoms with van der Waals surface area (Å²) in [6.07, 6.45) is 0.480. The van der Waals surface area contributed by atoms with Crippen LogP contribution in [0.4, 0.5) is 8.78 Å². The molecule has 5 nitrogen and oxygen atoms in total. The fraction of sp³-hybridized carbons (Fsp3) is 0.200. The lowest BCUT2D eigenvalue weighted by Gasteiger charge is -2.08. The first-order valence-electron chi connectivity index (χ1n) is 8.29. The van der Waals surface area contributed by atoms with Crippen molar-refractivity contribution in [3.05, 3.63) is 60.2 Å². The predicted octanol–water partition coefficient (Wildman–Crippen LogP) is 4.28. The lowest BCUT2D eigenvalue weighted by molar-refractivity contribution is -0.0500.